The Labute approximate surface area is 207 Å². The highest BCUT2D eigenvalue weighted by atomic mass is 35.5. The van der Waals surface area contributed by atoms with Crippen LogP contribution in [0.15, 0.2) is 34.3 Å². The average molecular weight is 543 g/mol. The Morgan fingerprint density at radius 1 is 1.16 bits per heavy atom. The number of carbonyl (C=O) groups is 1. The molecule has 0 saturated heterocycles. The second-order valence-electron chi connectivity index (χ2n) is 6.16. The number of halogens is 1. The van der Waals surface area contributed by atoms with Crippen LogP contribution in [0.1, 0.15) is 36.0 Å². The summed E-state index contributed by atoms with van der Waals surface area (Å²) in [6.07, 6.45) is 6.28. The van der Waals surface area contributed by atoms with Crippen LogP contribution in [0.4, 0.5) is 0 Å². The van der Waals surface area contributed by atoms with Gasteiger partial charge in [0.25, 0.3) is 0 Å². The van der Waals surface area contributed by atoms with Crippen molar-refractivity contribution in [3.63, 3.8) is 0 Å². The van der Waals surface area contributed by atoms with E-state index in [1.54, 1.807) is 18.4 Å². The largest absolute Gasteiger partial charge is 0.372 e. The van der Waals surface area contributed by atoms with Crippen LogP contribution in [0.5, 0.6) is 0 Å². The van der Waals surface area contributed by atoms with Gasteiger partial charge in [0.1, 0.15) is 9.84 Å². The first-order valence-electron chi connectivity index (χ1n) is 9.23. The molecule has 0 aromatic heterocycles. The zero-order chi connectivity index (χ0) is 24.8. The SMILES string of the molecule is CS(=O)(=O)CCCCN=C=S.CS(=O)CCCCN=C=S.O=C(OO)c1cccc(Cl)c1. The molecule has 0 bridgehead atoms. The number of nitrogens with zero attached hydrogens (tertiary/aromatic N) is 2. The third kappa shape index (κ3) is 24.9. The van der Waals surface area contributed by atoms with E-state index in [2.05, 4.69) is 49.6 Å². The van der Waals surface area contributed by atoms with Gasteiger partial charge in [-0.3, -0.25) is 9.10 Å². The molecule has 1 aromatic rings. The molecule has 0 saturated carbocycles. The monoisotopic (exact) mass is 542 g/mol. The van der Waals surface area contributed by atoms with E-state index in [0.29, 0.717) is 18.0 Å². The lowest BCUT2D eigenvalue weighted by Crippen LogP contribution is -2.02. The molecule has 0 aliphatic carbocycles. The van der Waals surface area contributed by atoms with Crippen LogP contribution < -0.4 is 0 Å². The van der Waals surface area contributed by atoms with Crippen molar-refractivity contribution in [3.8, 4) is 0 Å². The van der Waals surface area contributed by atoms with Crippen molar-refractivity contribution in [1.82, 2.24) is 0 Å². The van der Waals surface area contributed by atoms with E-state index in [9.17, 15) is 17.4 Å². The maximum absolute atomic E-state index is 10.6. The fourth-order valence-corrected chi connectivity index (χ4v) is 3.52. The highest BCUT2D eigenvalue weighted by molar-refractivity contribution is 7.90. The first-order valence-corrected chi connectivity index (χ1v) is 14.2. The smallest absolute Gasteiger partial charge is 0.296 e. The summed E-state index contributed by atoms with van der Waals surface area (Å²) in [4.78, 5) is 21.5. The molecule has 0 amide bonds. The van der Waals surface area contributed by atoms with Crippen molar-refractivity contribution < 1.29 is 27.6 Å². The number of hydrogen-bond donors (Lipinski definition) is 1. The normalized spacial score (nSPS) is 10.6. The molecule has 0 spiro atoms. The minimum atomic E-state index is -2.80. The molecule has 1 N–H and O–H groups in total. The number of aliphatic imine (C=N–C) groups is 2. The first-order chi connectivity index (χ1) is 15.1. The highest BCUT2D eigenvalue weighted by Crippen LogP contribution is 2.10. The Hall–Kier alpha value is -1.36. The van der Waals surface area contributed by atoms with Crippen molar-refractivity contribution in [2.75, 3.05) is 37.1 Å². The van der Waals surface area contributed by atoms with E-state index in [-0.39, 0.29) is 11.3 Å². The molecule has 1 aromatic carbocycles. The van der Waals surface area contributed by atoms with Crippen molar-refractivity contribution in [3.05, 3.63) is 34.9 Å². The summed E-state index contributed by atoms with van der Waals surface area (Å²) in [5.41, 5.74) is 0.222. The Bertz CT molecular complexity index is 895. The third-order valence-corrected chi connectivity index (χ3v) is 5.65. The number of thiocarbonyl (C=S) groups is 2. The van der Waals surface area contributed by atoms with Crippen molar-refractivity contribution in [1.29, 1.82) is 0 Å². The number of hydrogen-bond acceptors (Lipinski definition) is 10. The molecule has 1 unspecified atom stereocenters. The van der Waals surface area contributed by atoms with Crippen LogP contribution in [0.3, 0.4) is 0 Å². The van der Waals surface area contributed by atoms with Gasteiger partial charge in [-0.1, -0.05) is 17.7 Å². The average Bonchev–Trinajstić information content (AvgIpc) is 2.73. The molecule has 1 rings (SSSR count). The lowest BCUT2D eigenvalue weighted by molar-refractivity contribution is -0.182. The molecular weight excluding hydrogens is 516 g/mol. The van der Waals surface area contributed by atoms with Crippen molar-refractivity contribution >= 4 is 73.0 Å². The zero-order valence-corrected chi connectivity index (χ0v) is 21.9. The summed E-state index contributed by atoms with van der Waals surface area (Å²) in [5, 5.41) is 12.9. The summed E-state index contributed by atoms with van der Waals surface area (Å²) in [5.74, 6) is 0.194. The quantitative estimate of drug-likeness (QED) is 0.145. The number of rotatable bonds is 11. The Kier molecular flexibility index (Phi) is 22.0. The topological polar surface area (TPSA) is 122 Å². The molecule has 0 radical (unpaired) electrons. The molecule has 0 aliphatic rings. The summed E-state index contributed by atoms with van der Waals surface area (Å²) in [7, 11) is -3.46. The Morgan fingerprint density at radius 2 is 1.72 bits per heavy atom. The van der Waals surface area contributed by atoms with E-state index in [4.69, 9.17) is 16.9 Å². The van der Waals surface area contributed by atoms with Gasteiger partial charge in [-0.25, -0.2) is 23.2 Å². The lowest BCUT2D eigenvalue weighted by Gasteiger charge is -1.95. The van der Waals surface area contributed by atoms with Crippen LogP contribution in [0.2, 0.25) is 5.02 Å². The highest BCUT2D eigenvalue weighted by Gasteiger charge is 2.05. The zero-order valence-electron chi connectivity index (χ0n) is 17.9. The predicted molar refractivity (Wildman–Crippen MR) is 136 cm³/mol. The van der Waals surface area contributed by atoms with Gasteiger partial charge in [0.05, 0.1) is 15.9 Å². The molecule has 0 fully saturated rings. The molecule has 0 heterocycles. The van der Waals surface area contributed by atoms with Gasteiger partial charge in [0.15, 0.2) is 0 Å². The van der Waals surface area contributed by atoms with Gasteiger partial charge >= 0.3 is 5.97 Å². The number of isothiocyanates is 2. The second-order valence-corrected chi connectivity index (χ2v) is 10.8. The van der Waals surface area contributed by atoms with Gasteiger partial charge in [-0.2, -0.15) is 5.26 Å². The van der Waals surface area contributed by atoms with Crippen LogP contribution in [0.25, 0.3) is 0 Å². The van der Waals surface area contributed by atoms with E-state index < -0.39 is 26.6 Å². The van der Waals surface area contributed by atoms with Gasteiger partial charge < -0.3 is 0 Å². The molecular formula is C19H27ClN2O6S4. The standard InChI is InChI=1S/C7H5ClO3.C6H11NO2S2.C6H11NOS2/c8-6-3-1-2-5(4-6)7(9)11-10;1-11(8,9)5-3-2-4-7-6-10;1-10(8)5-3-2-4-7-6-9/h1-4,10H;2-5H2,1H3;2-5H2,1H3. The summed E-state index contributed by atoms with van der Waals surface area (Å²) >= 11 is 14.3. The second kappa shape index (κ2) is 21.5. The maximum atomic E-state index is 10.6. The summed E-state index contributed by atoms with van der Waals surface area (Å²) in [6, 6.07) is 6.11. The van der Waals surface area contributed by atoms with E-state index in [1.165, 1.54) is 18.4 Å². The molecule has 180 valence electrons. The molecule has 1 atom stereocenters. The Balaban J connectivity index is 0. The van der Waals surface area contributed by atoms with Gasteiger partial charge in [0.2, 0.25) is 0 Å². The maximum Gasteiger partial charge on any atom is 0.372 e. The van der Waals surface area contributed by atoms with Gasteiger partial charge in [-0.05, 0) is 68.3 Å². The van der Waals surface area contributed by atoms with Gasteiger partial charge in [-0.15, -0.1) is 0 Å². The van der Waals surface area contributed by atoms with Crippen LogP contribution in [0, 0.1) is 0 Å². The van der Waals surface area contributed by atoms with Crippen LogP contribution in [-0.4, -0.2) is 71.3 Å². The van der Waals surface area contributed by atoms with Gasteiger partial charge in [0, 0.05) is 52.9 Å². The summed E-state index contributed by atoms with van der Waals surface area (Å²) < 4.78 is 31.7. The van der Waals surface area contributed by atoms with E-state index >= 15 is 0 Å². The molecule has 8 nitrogen and oxygen atoms in total. The molecule has 32 heavy (non-hydrogen) atoms. The number of sulfone groups is 1. The fourth-order valence-electron chi connectivity index (χ4n) is 1.81. The first kappa shape index (κ1) is 32.8. The molecule has 0 aliphatic heterocycles. The van der Waals surface area contributed by atoms with E-state index in [1.807, 2.05) is 0 Å². The van der Waals surface area contributed by atoms with Crippen LogP contribution in [-0.2, 0) is 25.5 Å². The number of unbranched alkanes of at least 4 members (excludes halogenated alkanes) is 2. The predicted octanol–water partition coefficient (Wildman–Crippen LogP) is 4.13. The fraction of sp³-hybridized carbons (Fsp3) is 0.526. The Morgan fingerprint density at radius 3 is 2.16 bits per heavy atom. The number of benzene rings is 1. The minimum Gasteiger partial charge on any atom is -0.296 e. The van der Waals surface area contributed by atoms with Crippen molar-refractivity contribution in [2.45, 2.75) is 25.7 Å². The minimum absolute atomic E-state index is 0.222. The van der Waals surface area contributed by atoms with E-state index in [0.717, 1.165) is 31.6 Å². The number of carbonyl (C=O) groups excluding carboxylic acids is 1. The van der Waals surface area contributed by atoms with Crippen LogP contribution >= 0.6 is 36.0 Å². The molecule has 13 heteroatoms. The summed E-state index contributed by atoms with van der Waals surface area (Å²) in [6.45, 7) is 1.31. The van der Waals surface area contributed by atoms with Crippen molar-refractivity contribution in [2.24, 2.45) is 9.98 Å². The third-order valence-electron chi connectivity index (χ3n) is 3.26. The lowest BCUT2D eigenvalue weighted by atomic mass is 10.2.